The van der Waals surface area contributed by atoms with E-state index >= 15 is 0 Å². The predicted molar refractivity (Wildman–Crippen MR) is 90.9 cm³/mol. The van der Waals surface area contributed by atoms with Crippen molar-refractivity contribution in [3.05, 3.63) is 54.6 Å². The Hall–Kier alpha value is -2.09. The van der Waals surface area contributed by atoms with Crippen molar-refractivity contribution in [3.63, 3.8) is 0 Å². The maximum absolute atomic E-state index is 11.8. The summed E-state index contributed by atoms with van der Waals surface area (Å²) in [6.07, 6.45) is 6.20. The van der Waals surface area contributed by atoms with Crippen LogP contribution in [-0.4, -0.2) is 5.97 Å². The second-order valence-corrected chi connectivity index (χ2v) is 5.53. The minimum absolute atomic E-state index is 0.135. The molecule has 0 fully saturated rings. The van der Waals surface area contributed by atoms with E-state index in [2.05, 4.69) is 19.1 Å². The van der Waals surface area contributed by atoms with Crippen LogP contribution in [0.15, 0.2) is 54.6 Å². The molecule has 2 rings (SSSR count). The average Bonchev–Trinajstić information content (AvgIpc) is 2.56. The summed E-state index contributed by atoms with van der Waals surface area (Å²) >= 11 is 0. The van der Waals surface area contributed by atoms with Crippen molar-refractivity contribution in [2.24, 2.45) is 0 Å². The molecule has 2 heteroatoms. The number of carbonyl (C=O) groups is 1. The van der Waals surface area contributed by atoms with Crippen molar-refractivity contribution in [1.82, 2.24) is 0 Å². The molecule has 0 heterocycles. The van der Waals surface area contributed by atoms with E-state index in [1.807, 2.05) is 42.5 Å². The number of ether oxygens (including phenoxy) is 1. The zero-order valence-electron chi connectivity index (χ0n) is 13.3. The van der Waals surface area contributed by atoms with Gasteiger partial charge < -0.3 is 4.74 Å². The van der Waals surface area contributed by atoms with E-state index in [1.54, 1.807) is 0 Å². The van der Waals surface area contributed by atoms with E-state index in [4.69, 9.17) is 4.74 Å². The van der Waals surface area contributed by atoms with Crippen LogP contribution in [0.5, 0.6) is 5.75 Å². The van der Waals surface area contributed by atoms with Gasteiger partial charge in [0, 0.05) is 6.42 Å². The SMILES string of the molecule is CCCCCCCC(=O)Oc1ccc(-c2ccccc2)cc1. The van der Waals surface area contributed by atoms with Crippen LogP contribution in [-0.2, 0) is 4.79 Å². The molecule has 22 heavy (non-hydrogen) atoms. The normalized spacial score (nSPS) is 10.4. The van der Waals surface area contributed by atoms with Crippen LogP contribution in [0.4, 0.5) is 0 Å². The number of carbonyl (C=O) groups excluding carboxylic acids is 1. The highest BCUT2D eigenvalue weighted by atomic mass is 16.5. The summed E-state index contributed by atoms with van der Waals surface area (Å²) in [6, 6.07) is 17.9. The highest BCUT2D eigenvalue weighted by molar-refractivity contribution is 5.73. The molecule has 0 saturated carbocycles. The molecule has 116 valence electrons. The second-order valence-electron chi connectivity index (χ2n) is 5.53. The lowest BCUT2D eigenvalue weighted by Gasteiger charge is -2.06. The van der Waals surface area contributed by atoms with Crippen LogP contribution >= 0.6 is 0 Å². The Morgan fingerprint density at radius 1 is 0.818 bits per heavy atom. The number of hydrogen-bond donors (Lipinski definition) is 0. The summed E-state index contributed by atoms with van der Waals surface area (Å²) in [5.41, 5.74) is 2.29. The zero-order valence-corrected chi connectivity index (χ0v) is 13.3. The molecule has 0 amide bonds. The van der Waals surface area contributed by atoms with E-state index in [1.165, 1.54) is 19.3 Å². The third-order valence-corrected chi connectivity index (χ3v) is 3.68. The van der Waals surface area contributed by atoms with Crippen LogP contribution in [0.25, 0.3) is 11.1 Å². The fourth-order valence-corrected chi connectivity index (χ4v) is 2.40. The van der Waals surface area contributed by atoms with Crippen LogP contribution in [0, 0.1) is 0 Å². The number of rotatable bonds is 8. The molecule has 0 aliphatic carbocycles. The Kier molecular flexibility index (Phi) is 6.69. The van der Waals surface area contributed by atoms with Gasteiger partial charge in [-0.3, -0.25) is 4.79 Å². The lowest BCUT2D eigenvalue weighted by Crippen LogP contribution is -2.07. The molecule has 0 unspecified atom stereocenters. The van der Waals surface area contributed by atoms with Gasteiger partial charge >= 0.3 is 5.97 Å². The molecule has 2 nitrogen and oxygen atoms in total. The van der Waals surface area contributed by atoms with Gasteiger partial charge in [-0.2, -0.15) is 0 Å². The number of benzene rings is 2. The maximum atomic E-state index is 11.8. The van der Waals surface area contributed by atoms with Crippen molar-refractivity contribution >= 4 is 5.97 Å². The summed E-state index contributed by atoms with van der Waals surface area (Å²) in [5.74, 6) is 0.488. The molecule has 0 radical (unpaired) electrons. The van der Waals surface area contributed by atoms with E-state index < -0.39 is 0 Å². The summed E-state index contributed by atoms with van der Waals surface area (Å²) in [4.78, 5) is 11.8. The van der Waals surface area contributed by atoms with Crippen molar-refractivity contribution in [2.45, 2.75) is 45.4 Å². The molecule has 0 spiro atoms. The van der Waals surface area contributed by atoms with E-state index in [9.17, 15) is 4.79 Å². The summed E-state index contributed by atoms with van der Waals surface area (Å²) in [6.45, 7) is 2.19. The zero-order chi connectivity index (χ0) is 15.6. The standard InChI is InChI=1S/C20H24O2/c1-2-3-4-5-9-12-20(21)22-19-15-13-18(14-16-19)17-10-7-6-8-11-17/h6-8,10-11,13-16H,2-5,9,12H2,1H3. The van der Waals surface area contributed by atoms with Gasteiger partial charge in [0.1, 0.15) is 5.75 Å². The van der Waals surface area contributed by atoms with Crippen molar-refractivity contribution in [3.8, 4) is 16.9 Å². The first-order valence-electron chi connectivity index (χ1n) is 8.16. The highest BCUT2D eigenvalue weighted by Gasteiger charge is 2.05. The smallest absolute Gasteiger partial charge is 0.311 e. The highest BCUT2D eigenvalue weighted by Crippen LogP contribution is 2.22. The van der Waals surface area contributed by atoms with E-state index in [0.29, 0.717) is 12.2 Å². The van der Waals surface area contributed by atoms with Crippen LogP contribution < -0.4 is 4.74 Å². The maximum Gasteiger partial charge on any atom is 0.311 e. The Balaban J connectivity index is 1.80. The lowest BCUT2D eigenvalue weighted by atomic mass is 10.1. The average molecular weight is 296 g/mol. The minimum atomic E-state index is -0.135. The predicted octanol–water partition coefficient (Wildman–Crippen LogP) is 5.62. The molecular formula is C20H24O2. The molecule has 0 aromatic heterocycles. The molecule has 0 atom stereocenters. The van der Waals surface area contributed by atoms with Crippen LogP contribution in [0.1, 0.15) is 45.4 Å². The van der Waals surface area contributed by atoms with Gasteiger partial charge in [-0.1, -0.05) is 75.1 Å². The molecule has 0 N–H and O–H groups in total. The van der Waals surface area contributed by atoms with Gasteiger partial charge in [0.15, 0.2) is 0 Å². The number of unbranched alkanes of at least 4 members (excludes halogenated alkanes) is 4. The number of esters is 1. The topological polar surface area (TPSA) is 26.3 Å². The summed E-state index contributed by atoms with van der Waals surface area (Å²) in [7, 11) is 0. The largest absolute Gasteiger partial charge is 0.427 e. The van der Waals surface area contributed by atoms with Gasteiger partial charge in [0.2, 0.25) is 0 Å². The molecule has 2 aromatic rings. The first-order chi connectivity index (χ1) is 10.8. The fourth-order valence-electron chi connectivity index (χ4n) is 2.40. The summed E-state index contributed by atoms with van der Waals surface area (Å²) < 4.78 is 5.37. The van der Waals surface area contributed by atoms with Crippen molar-refractivity contribution in [1.29, 1.82) is 0 Å². The van der Waals surface area contributed by atoms with Gasteiger partial charge in [-0.05, 0) is 29.7 Å². The third kappa shape index (κ3) is 5.36. The minimum Gasteiger partial charge on any atom is -0.427 e. The van der Waals surface area contributed by atoms with Gasteiger partial charge in [-0.15, -0.1) is 0 Å². The van der Waals surface area contributed by atoms with Gasteiger partial charge in [-0.25, -0.2) is 0 Å². The quantitative estimate of drug-likeness (QED) is 0.359. The third-order valence-electron chi connectivity index (χ3n) is 3.68. The first kappa shape index (κ1) is 16.3. The van der Waals surface area contributed by atoms with Gasteiger partial charge in [0.25, 0.3) is 0 Å². The molecule has 0 saturated heterocycles. The van der Waals surface area contributed by atoms with Crippen LogP contribution in [0.2, 0.25) is 0 Å². The van der Waals surface area contributed by atoms with E-state index in [0.717, 1.165) is 24.0 Å². The molecular weight excluding hydrogens is 272 g/mol. The molecule has 2 aromatic carbocycles. The van der Waals surface area contributed by atoms with E-state index in [-0.39, 0.29) is 5.97 Å². The molecule has 0 aliphatic heterocycles. The second kappa shape index (κ2) is 9.04. The monoisotopic (exact) mass is 296 g/mol. The summed E-state index contributed by atoms with van der Waals surface area (Å²) in [5, 5.41) is 0. The Labute approximate surface area is 133 Å². The van der Waals surface area contributed by atoms with Crippen molar-refractivity contribution < 1.29 is 9.53 Å². The molecule has 0 bridgehead atoms. The Morgan fingerprint density at radius 3 is 2.14 bits per heavy atom. The van der Waals surface area contributed by atoms with Crippen LogP contribution in [0.3, 0.4) is 0 Å². The molecule has 0 aliphatic rings. The Morgan fingerprint density at radius 2 is 1.45 bits per heavy atom. The van der Waals surface area contributed by atoms with Crippen molar-refractivity contribution in [2.75, 3.05) is 0 Å². The lowest BCUT2D eigenvalue weighted by molar-refractivity contribution is -0.134. The van der Waals surface area contributed by atoms with Gasteiger partial charge in [0.05, 0.1) is 0 Å². The number of hydrogen-bond acceptors (Lipinski definition) is 2. The fraction of sp³-hybridized carbons (Fsp3) is 0.350. The first-order valence-corrected chi connectivity index (χ1v) is 8.16. The Bertz CT molecular complexity index is 558.